The number of anilines is 2. The van der Waals surface area contributed by atoms with Crippen LogP contribution < -0.4 is 16.4 Å². The summed E-state index contributed by atoms with van der Waals surface area (Å²) in [4.78, 5) is 8.12. The summed E-state index contributed by atoms with van der Waals surface area (Å²) in [6.07, 6.45) is 3.55. The maximum atomic E-state index is 7.72. The molecule has 0 amide bonds. The molecule has 1 aliphatic rings. The van der Waals surface area contributed by atoms with Gasteiger partial charge in [-0.1, -0.05) is 0 Å². The van der Waals surface area contributed by atoms with Gasteiger partial charge in [-0.15, -0.1) is 0 Å². The minimum Gasteiger partial charge on any atom is -0.383 e. The molecule has 1 aliphatic heterocycles. The fourth-order valence-electron chi connectivity index (χ4n) is 2.04. The number of nitrogens with one attached hydrogen (secondary N) is 3. The van der Waals surface area contributed by atoms with Gasteiger partial charge in [0.05, 0.1) is 5.56 Å². The summed E-state index contributed by atoms with van der Waals surface area (Å²) in [6, 6.07) is 0.392. The topological polar surface area (TPSA) is 99.7 Å². The van der Waals surface area contributed by atoms with Gasteiger partial charge in [0, 0.05) is 11.8 Å². The van der Waals surface area contributed by atoms with Gasteiger partial charge < -0.3 is 21.8 Å². The summed E-state index contributed by atoms with van der Waals surface area (Å²) >= 11 is 0. The monoisotopic (exact) mass is 234 g/mol. The Kier molecular flexibility index (Phi) is 3.53. The molecule has 17 heavy (non-hydrogen) atoms. The standard InChI is InChI=1S/C11H18N6/c1-7(12)9-10(13)15-6-16-11(9)17-8-2-4-14-5-3-8/h6,8,12,14H,2-5H2,1H3,(H3,13,15,16,17). The zero-order chi connectivity index (χ0) is 12.3. The van der Waals surface area contributed by atoms with Gasteiger partial charge in [0.25, 0.3) is 0 Å². The van der Waals surface area contributed by atoms with Crippen molar-refractivity contribution in [2.75, 3.05) is 24.1 Å². The van der Waals surface area contributed by atoms with E-state index in [-0.39, 0.29) is 0 Å². The van der Waals surface area contributed by atoms with Crippen LogP contribution in [0.15, 0.2) is 6.33 Å². The van der Waals surface area contributed by atoms with E-state index in [1.807, 2.05) is 0 Å². The highest BCUT2D eigenvalue weighted by Gasteiger charge is 2.17. The normalized spacial score (nSPS) is 16.8. The summed E-state index contributed by atoms with van der Waals surface area (Å²) < 4.78 is 0. The molecule has 6 heteroatoms. The molecular formula is C11H18N6. The predicted octanol–water partition coefficient (Wildman–Crippen LogP) is 0.610. The zero-order valence-electron chi connectivity index (χ0n) is 9.95. The molecule has 2 rings (SSSR count). The second-order valence-corrected chi connectivity index (χ2v) is 4.28. The molecule has 0 spiro atoms. The summed E-state index contributed by atoms with van der Waals surface area (Å²) in [5.41, 5.74) is 6.79. The van der Waals surface area contributed by atoms with Crippen molar-refractivity contribution in [1.29, 1.82) is 5.41 Å². The molecule has 0 aliphatic carbocycles. The highest BCUT2D eigenvalue weighted by atomic mass is 15.1. The van der Waals surface area contributed by atoms with Crippen molar-refractivity contribution in [2.24, 2.45) is 0 Å². The number of hydrogen-bond acceptors (Lipinski definition) is 6. The van der Waals surface area contributed by atoms with Crippen molar-refractivity contribution in [2.45, 2.75) is 25.8 Å². The smallest absolute Gasteiger partial charge is 0.140 e. The lowest BCUT2D eigenvalue weighted by Gasteiger charge is -2.25. The lowest BCUT2D eigenvalue weighted by atomic mass is 10.1. The van der Waals surface area contributed by atoms with Crippen LogP contribution in [0.25, 0.3) is 0 Å². The Bertz CT molecular complexity index is 410. The van der Waals surface area contributed by atoms with Gasteiger partial charge in [-0.3, -0.25) is 0 Å². The van der Waals surface area contributed by atoms with Crippen LogP contribution in [-0.2, 0) is 0 Å². The first-order chi connectivity index (χ1) is 8.18. The fraction of sp³-hybridized carbons (Fsp3) is 0.545. The van der Waals surface area contributed by atoms with Crippen molar-refractivity contribution < 1.29 is 0 Å². The van der Waals surface area contributed by atoms with Crippen molar-refractivity contribution in [3.05, 3.63) is 11.9 Å². The largest absolute Gasteiger partial charge is 0.383 e. The maximum Gasteiger partial charge on any atom is 0.140 e. The maximum absolute atomic E-state index is 7.72. The number of nitrogen functional groups attached to an aromatic ring is 1. The Morgan fingerprint density at radius 1 is 1.47 bits per heavy atom. The van der Waals surface area contributed by atoms with E-state index in [0.29, 0.717) is 29.0 Å². The first kappa shape index (κ1) is 11.8. The Labute approximate surface area is 101 Å². The molecule has 0 aromatic carbocycles. The molecule has 6 nitrogen and oxygen atoms in total. The van der Waals surface area contributed by atoms with Gasteiger partial charge in [-0.05, 0) is 32.9 Å². The highest BCUT2D eigenvalue weighted by molar-refractivity contribution is 6.04. The number of rotatable bonds is 3. The van der Waals surface area contributed by atoms with E-state index in [4.69, 9.17) is 11.1 Å². The lowest BCUT2D eigenvalue weighted by Crippen LogP contribution is -2.36. The fourth-order valence-corrected chi connectivity index (χ4v) is 2.04. The molecule has 2 heterocycles. The molecule has 0 unspecified atom stereocenters. The van der Waals surface area contributed by atoms with Crippen LogP contribution >= 0.6 is 0 Å². The molecule has 0 saturated carbocycles. The SMILES string of the molecule is CC(=N)c1c(N)ncnc1NC1CCNCC1. The summed E-state index contributed by atoms with van der Waals surface area (Å²) in [5, 5.41) is 14.4. The minimum absolute atomic E-state index is 0.365. The molecule has 1 aromatic rings. The van der Waals surface area contributed by atoms with Gasteiger partial charge in [0.2, 0.25) is 0 Å². The van der Waals surface area contributed by atoms with Crippen LogP contribution in [0.1, 0.15) is 25.3 Å². The van der Waals surface area contributed by atoms with E-state index in [1.54, 1.807) is 6.92 Å². The van der Waals surface area contributed by atoms with E-state index in [1.165, 1.54) is 6.33 Å². The molecule has 0 atom stereocenters. The second kappa shape index (κ2) is 5.09. The van der Waals surface area contributed by atoms with Gasteiger partial charge in [0.1, 0.15) is 18.0 Å². The van der Waals surface area contributed by atoms with Gasteiger partial charge in [0.15, 0.2) is 0 Å². The van der Waals surface area contributed by atoms with Crippen molar-refractivity contribution in [1.82, 2.24) is 15.3 Å². The molecule has 1 fully saturated rings. The van der Waals surface area contributed by atoms with Gasteiger partial charge >= 0.3 is 0 Å². The average Bonchev–Trinajstić information content (AvgIpc) is 2.30. The summed E-state index contributed by atoms with van der Waals surface area (Å²) in [6.45, 7) is 3.72. The molecule has 5 N–H and O–H groups in total. The van der Waals surface area contributed by atoms with Gasteiger partial charge in [-0.2, -0.15) is 0 Å². The average molecular weight is 234 g/mol. The van der Waals surface area contributed by atoms with Crippen molar-refractivity contribution in [3.8, 4) is 0 Å². The van der Waals surface area contributed by atoms with Crippen LogP contribution in [0.4, 0.5) is 11.6 Å². The quantitative estimate of drug-likeness (QED) is 0.574. The van der Waals surface area contributed by atoms with E-state index in [0.717, 1.165) is 25.9 Å². The Morgan fingerprint density at radius 2 is 2.18 bits per heavy atom. The van der Waals surface area contributed by atoms with E-state index in [2.05, 4.69) is 20.6 Å². The molecule has 0 radical (unpaired) electrons. The van der Waals surface area contributed by atoms with E-state index >= 15 is 0 Å². The first-order valence-electron chi connectivity index (χ1n) is 5.81. The van der Waals surface area contributed by atoms with Crippen LogP contribution in [0.3, 0.4) is 0 Å². The van der Waals surface area contributed by atoms with E-state index in [9.17, 15) is 0 Å². The zero-order valence-corrected chi connectivity index (χ0v) is 9.95. The first-order valence-corrected chi connectivity index (χ1v) is 5.81. The molecule has 0 bridgehead atoms. The molecule has 1 saturated heterocycles. The molecular weight excluding hydrogens is 216 g/mol. The van der Waals surface area contributed by atoms with E-state index < -0.39 is 0 Å². The Balaban J connectivity index is 2.19. The number of nitrogens with two attached hydrogens (primary N) is 1. The Morgan fingerprint density at radius 3 is 2.82 bits per heavy atom. The lowest BCUT2D eigenvalue weighted by molar-refractivity contribution is 0.478. The van der Waals surface area contributed by atoms with Crippen molar-refractivity contribution >= 4 is 17.3 Å². The predicted molar refractivity (Wildman–Crippen MR) is 68.5 cm³/mol. The third kappa shape index (κ3) is 2.71. The number of aromatic nitrogens is 2. The third-order valence-electron chi connectivity index (χ3n) is 2.93. The summed E-state index contributed by atoms with van der Waals surface area (Å²) in [5.74, 6) is 1.04. The van der Waals surface area contributed by atoms with Crippen LogP contribution in [-0.4, -0.2) is 34.8 Å². The third-order valence-corrected chi connectivity index (χ3v) is 2.93. The summed E-state index contributed by atoms with van der Waals surface area (Å²) in [7, 11) is 0. The second-order valence-electron chi connectivity index (χ2n) is 4.28. The van der Waals surface area contributed by atoms with Crippen LogP contribution in [0.2, 0.25) is 0 Å². The number of hydrogen-bond donors (Lipinski definition) is 4. The van der Waals surface area contributed by atoms with Crippen molar-refractivity contribution in [3.63, 3.8) is 0 Å². The molecule has 92 valence electrons. The number of nitrogens with zero attached hydrogens (tertiary/aromatic N) is 2. The Hall–Kier alpha value is -1.69. The van der Waals surface area contributed by atoms with Crippen LogP contribution in [0, 0.1) is 5.41 Å². The molecule has 1 aromatic heterocycles. The number of piperidine rings is 1. The van der Waals surface area contributed by atoms with Crippen LogP contribution in [0.5, 0.6) is 0 Å². The minimum atomic E-state index is 0.365. The van der Waals surface area contributed by atoms with Gasteiger partial charge in [-0.25, -0.2) is 9.97 Å². The highest BCUT2D eigenvalue weighted by Crippen LogP contribution is 2.20.